The Bertz CT molecular complexity index is 669. The molecule has 2 aromatic rings. The third-order valence-corrected chi connectivity index (χ3v) is 3.81. The fraction of sp³-hybridized carbons (Fsp3) is 0.350. The lowest BCUT2D eigenvalue weighted by Gasteiger charge is -2.11. The normalized spacial score (nSPS) is 10.6. The number of ether oxygens (including phenoxy) is 1. The number of hydrogen-bond donors (Lipinski definition) is 2. The van der Waals surface area contributed by atoms with E-state index in [4.69, 9.17) is 4.74 Å². The van der Waals surface area contributed by atoms with Gasteiger partial charge in [0.15, 0.2) is 0 Å². The molecule has 0 bridgehead atoms. The van der Waals surface area contributed by atoms with Gasteiger partial charge in [-0.3, -0.25) is 0 Å². The Labute approximate surface area is 150 Å². The number of carbonyl (C=O) groups excluding carboxylic acids is 1. The van der Waals surface area contributed by atoms with Crippen molar-refractivity contribution >= 4 is 6.03 Å². The summed E-state index contributed by atoms with van der Waals surface area (Å²) in [6.45, 7) is 2.02. The fourth-order valence-corrected chi connectivity index (χ4v) is 2.52. The predicted octanol–water partition coefficient (Wildman–Crippen LogP) is 2.80. The average molecular weight is 341 g/mol. The van der Waals surface area contributed by atoms with Crippen molar-refractivity contribution in [2.45, 2.75) is 19.5 Å². The highest BCUT2D eigenvalue weighted by Gasteiger charge is 2.02. The van der Waals surface area contributed by atoms with Gasteiger partial charge in [-0.1, -0.05) is 36.4 Å². The summed E-state index contributed by atoms with van der Waals surface area (Å²) in [6, 6.07) is 16.0. The zero-order valence-corrected chi connectivity index (χ0v) is 15.2. The molecule has 2 amide bonds. The third kappa shape index (κ3) is 6.85. The average Bonchev–Trinajstić information content (AvgIpc) is 2.61. The van der Waals surface area contributed by atoms with Gasteiger partial charge in [0.25, 0.3) is 0 Å². The number of nitrogens with zero attached hydrogens (tertiary/aromatic N) is 1. The summed E-state index contributed by atoms with van der Waals surface area (Å²) >= 11 is 0. The maximum atomic E-state index is 11.9. The van der Waals surface area contributed by atoms with Gasteiger partial charge in [0.1, 0.15) is 5.75 Å². The van der Waals surface area contributed by atoms with E-state index in [9.17, 15) is 4.79 Å². The molecule has 0 spiro atoms. The number of benzene rings is 2. The van der Waals surface area contributed by atoms with Crippen LogP contribution in [-0.4, -0.2) is 38.7 Å². The van der Waals surface area contributed by atoms with Crippen molar-refractivity contribution in [3.63, 3.8) is 0 Å². The van der Waals surface area contributed by atoms with Crippen LogP contribution in [0.1, 0.15) is 16.7 Å². The van der Waals surface area contributed by atoms with E-state index in [-0.39, 0.29) is 6.03 Å². The van der Waals surface area contributed by atoms with Gasteiger partial charge >= 0.3 is 6.03 Å². The largest absolute Gasteiger partial charge is 0.497 e. The van der Waals surface area contributed by atoms with Crippen LogP contribution in [0.4, 0.5) is 4.79 Å². The van der Waals surface area contributed by atoms with Crippen molar-refractivity contribution in [1.82, 2.24) is 15.5 Å². The first kappa shape index (κ1) is 18.8. The number of urea groups is 1. The Morgan fingerprint density at radius 1 is 1.00 bits per heavy atom. The van der Waals surface area contributed by atoms with Gasteiger partial charge in [0.2, 0.25) is 0 Å². The van der Waals surface area contributed by atoms with Gasteiger partial charge in [-0.25, -0.2) is 4.79 Å². The van der Waals surface area contributed by atoms with Crippen molar-refractivity contribution in [2.75, 3.05) is 27.7 Å². The summed E-state index contributed by atoms with van der Waals surface area (Å²) in [6.07, 6.45) is 0.768. The van der Waals surface area contributed by atoms with E-state index in [1.807, 2.05) is 38.4 Å². The molecule has 0 heterocycles. The van der Waals surface area contributed by atoms with E-state index >= 15 is 0 Å². The maximum Gasteiger partial charge on any atom is 0.315 e. The van der Waals surface area contributed by atoms with Crippen LogP contribution in [-0.2, 0) is 19.5 Å². The molecule has 0 aromatic heterocycles. The first-order chi connectivity index (χ1) is 12.1. The van der Waals surface area contributed by atoms with E-state index in [1.165, 1.54) is 5.56 Å². The minimum atomic E-state index is -0.153. The second kappa shape index (κ2) is 9.69. The van der Waals surface area contributed by atoms with E-state index < -0.39 is 0 Å². The van der Waals surface area contributed by atoms with Crippen molar-refractivity contribution in [3.05, 3.63) is 65.2 Å². The molecule has 0 aliphatic rings. The molecule has 5 nitrogen and oxygen atoms in total. The van der Waals surface area contributed by atoms with Crippen molar-refractivity contribution < 1.29 is 9.53 Å². The molecule has 0 aliphatic carbocycles. The Morgan fingerprint density at radius 2 is 1.72 bits per heavy atom. The van der Waals surface area contributed by atoms with E-state index in [2.05, 4.69) is 39.8 Å². The quantitative estimate of drug-likeness (QED) is 0.776. The van der Waals surface area contributed by atoms with E-state index in [0.717, 1.165) is 29.8 Å². The molecular formula is C20H27N3O2. The molecule has 0 saturated carbocycles. The molecule has 134 valence electrons. The molecule has 0 saturated heterocycles. The van der Waals surface area contributed by atoms with Gasteiger partial charge in [-0.15, -0.1) is 0 Å². The molecule has 0 unspecified atom stereocenters. The smallest absolute Gasteiger partial charge is 0.315 e. The number of rotatable bonds is 8. The van der Waals surface area contributed by atoms with Gasteiger partial charge in [0, 0.05) is 19.6 Å². The SMILES string of the molecule is COc1cccc(CCNC(=O)NCc2ccc(CN(C)C)cc2)c1. The first-order valence-corrected chi connectivity index (χ1v) is 8.44. The molecule has 0 aliphatic heterocycles. The second-order valence-corrected chi connectivity index (χ2v) is 6.27. The number of nitrogens with one attached hydrogen (secondary N) is 2. The molecular weight excluding hydrogens is 314 g/mol. The Hall–Kier alpha value is -2.53. The standard InChI is InChI=1S/C20H27N3O2/c1-23(2)15-18-9-7-17(8-10-18)14-22-20(24)21-12-11-16-5-4-6-19(13-16)25-3/h4-10,13H,11-12,14-15H2,1-3H3,(H2,21,22,24). The highest BCUT2D eigenvalue weighted by Crippen LogP contribution is 2.12. The summed E-state index contributed by atoms with van der Waals surface area (Å²) in [7, 11) is 5.74. The Morgan fingerprint density at radius 3 is 2.40 bits per heavy atom. The highest BCUT2D eigenvalue weighted by atomic mass is 16.5. The van der Waals surface area contributed by atoms with Crippen molar-refractivity contribution in [2.24, 2.45) is 0 Å². The number of amides is 2. The van der Waals surface area contributed by atoms with Crippen molar-refractivity contribution in [3.8, 4) is 5.75 Å². The zero-order chi connectivity index (χ0) is 18.1. The number of carbonyl (C=O) groups is 1. The molecule has 2 aromatic carbocycles. The van der Waals surface area contributed by atoms with Crippen LogP contribution in [0, 0.1) is 0 Å². The van der Waals surface area contributed by atoms with E-state index in [1.54, 1.807) is 7.11 Å². The minimum Gasteiger partial charge on any atom is -0.497 e. The van der Waals surface area contributed by atoms with Crippen LogP contribution in [0.2, 0.25) is 0 Å². The summed E-state index contributed by atoms with van der Waals surface area (Å²) < 4.78 is 5.20. The lowest BCUT2D eigenvalue weighted by Crippen LogP contribution is -2.36. The molecule has 0 fully saturated rings. The van der Waals surface area contributed by atoms with E-state index in [0.29, 0.717) is 13.1 Å². The minimum absolute atomic E-state index is 0.153. The highest BCUT2D eigenvalue weighted by molar-refractivity contribution is 5.73. The third-order valence-electron chi connectivity index (χ3n) is 3.81. The summed E-state index contributed by atoms with van der Waals surface area (Å²) in [4.78, 5) is 14.0. The summed E-state index contributed by atoms with van der Waals surface area (Å²) in [5.74, 6) is 0.833. The summed E-state index contributed by atoms with van der Waals surface area (Å²) in [5, 5.41) is 5.76. The lowest BCUT2D eigenvalue weighted by atomic mass is 10.1. The number of methoxy groups -OCH3 is 1. The second-order valence-electron chi connectivity index (χ2n) is 6.27. The first-order valence-electron chi connectivity index (χ1n) is 8.44. The van der Waals surface area contributed by atoms with Crippen LogP contribution in [0.15, 0.2) is 48.5 Å². The predicted molar refractivity (Wildman–Crippen MR) is 101 cm³/mol. The summed E-state index contributed by atoms with van der Waals surface area (Å²) in [5.41, 5.74) is 3.48. The Kier molecular flexibility index (Phi) is 7.29. The topological polar surface area (TPSA) is 53.6 Å². The molecule has 2 N–H and O–H groups in total. The van der Waals surface area contributed by atoms with Gasteiger partial charge < -0.3 is 20.3 Å². The van der Waals surface area contributed by atoms with Crippen molar-refractivity contribution in [1.29, 1.82) is 0 Å². The molecule has 0 radical (unpaired) electrons. The molecule has 25 heavy (non-hydrogen) atoms. The monoisotopic (exact) mass is 341 g/mol. The van der Waals surface area contributed by atoms with Crippen LogP contribution >= 0.6 is 0 Å². The molecule has 0 atom stereocenters. The van der Waals surface area contributed by atoms with Crippen LogP contribution in [0.5, 0.6) is 5.75 Å². The van der Waals surface area contributed by atoms with Gasteiger partial charge in [0.05, 0.1) is 7.11 Å². The van der Waals surface area contributed by atoms with Crippen LogP contribution in [0.25, 0.3) is 0 Å². The Balaban J connectivity index is 1.69. The van der Waals surface area contributed by atoms with Crippen LogP contribution < -0.4 is 15.4 Å². The lowest BCUT2D eigenvalue weighted by molar-refractivity contribution is 0.240. The molecule has 5 heteroatoms. The number of hydrogen-bond acceptors (Lipinski definition) is 3. The molecule has 2 rings (SSSR count). The van der Waals surface area contributed by atoms with Gasteiger partial charge in [-0.05, 0) is 49.3 Å². The fourth-order valence-electron chi connectivity index (χ4n) is 2.52. The maximum absolute atomic E-state index is 11.9. The van der Waals surface area contributed by atoms with Crippen LogP contribution in [0.3, 0.4) is 0 Å². The van der Waals surface area contributed by atoms with Gasteiger partial charge in [-0.2, -0.15) is 0 Å². The zero-order valence-electron chi connectivity index (χ0n) is 15.2.